The van der Waals surface area contributed by atoms with E-state index < -0.39 is 0 Å². The van der Waals surface area contributed by atoms with Gasteiger partial charge in [-0.2, -0.15) is 0 Å². The van der Waals surface area contributed by atoms with Gasteiger partial charge in [0.2, 0.25) is 0 Å². The molecular weight excluding hydrogens is 254 g/mol. The number of anilines is 1. The van der Waals surface area contributed by atoms with E-state index >= 15 is 0 Å². The van der Waals surface area contributed by atoms with Crippen LogP contribution in [-0.2, 0) is 6.54 Å². The van der Waals surface area contributed by atoms with Gasteiger partial charge in [0.15, 0.2) is 5.69 Å². The van der Waals surface area contributed by atoms with Crippen molar-refractivity contribution >= 4 is 11.6 Å². The third-order valence-electron chi connectivity index (χ3n) is 3.02. The Bertz CT molecular complexity index is 617. The van der Waals surface area contributed by atoms with Crippen molar-refractivity contribution in [2.45, 2.75) is 20.4 Å². The highest BCUT2D eigenvalue weighted by Crippen LogP contribution is 2.20. The predicted molar refractivity (Wildman–Crippen MR) is 77.9 cm³/mol. The molecule has 106 valence electrons. The topological polar surface area (TPSA) is 58.4 Å². The standard InChI is InChI=1S/C15H19N3O2/c1-10-5-6-12(14(7-10)18(3)4)9-16-15(19)13-8-11(2)20-17-13/h5-8H,9H2,1-4H3,(H,16,19). The number of aryl methyl sites for hydroxylation is 2. The lowest BCUT2D eigenvalue weighted by molar-refractivity contribution is 0.0942. The second-order valence-corrected chi connectivity index (χ2v) is 5.03. The molecule has 0 spiro atoms. The largest absolute Gasteiger partial charge is 0.377 e. The molecule has 1 N–H and O–H groups in total. The summed E-state index contributed by atoms with van der Waals surface area (Å²) in [5.74, 6) is 0.395. The van der Waals surface area contributed by atoms with Crippen molar-refractivity contribution in [3.8, 4) is 0 Å². The summed E-state index contributed by atoms with van der Waals surface area (Å²) in [6, 6.07) is 7.78. The van der Waals surface area contributed by atoms with E-state index in [1.165, 1.54) is 5.56 Å². The fourth-order valence-corrected chi connectivity index (χ4v) is 1.98. The van der Waals surface area contributed by atoms with Gasteiger partial charge in [0.25, 0.3) is 5.91 Å². The summed E-state index contributed by atoms with van der Waals surface area (Å²) in [5, 5.41) is 6.56. The molecule has 1 aromatic carbocycles. The normalized spacial score (nSPS) is 10.4. The van der Waals surface area contributed by atoms with Crippen LogP contribution in [0, 0.1) is 13.8 Å². The number of hydrogen-bond acceptors (Lipinski definition) is 4. The number of nitrogens with one attached hydrogen (secondary N) is 1. The number of aromatic nitrogens is 1. The van der Waals surface area contributed by atoms with E-state index in [0.29, 0.717) is 18.0 Å². The number of benzene rings is 1. The maximum absolute atomic E-state index is 11.9. The Hall–Kier alpha value is -2.30. The highest BCUT2D eigenvalue weighted by molar-refractivity contribution is 5.92. The lowest BCUT2D eigenvalue weighted by Gasteiger charge is -2.18. The molecule has 1 amide bonds. The fourth-order valence-electron chi connectivity index (χ4n) is 1.98. The van der Waals surface area contributed by atoms with Crippen molar-refractivity contribution in [1.29, 1.82) is 0 Å². The smallest absolute Gasteiger partial charge is 0.273 e. The van der Waals surface area contributed by atoms with E-state index in [1.807, 2.05) is 38.1 Å². The second kappa shape index (κ2) is 5.77. The lowest BCUT2D eigenvalue weighted by Crippen LogP contribution is -2.24. The molecule has 0 fully saturated rings. The molecule has 2 rings (SSSR count). The molecule has 0 aliphatic carbocycles. The monoisotopic (exact) mass is 273 g/mol. The van der Waals surface area contributed by atoms with Crippen LogP contribution in [0.1, 0.15) is 27.4 Å². The summed E-state index contributed by atoms with van der Waals surface area (Å²) in [7, 11) is 3.97. The van der Waals surface area contributed by atoms with Gasteiger partial charge in [0, 0.05) is 32.4 Å². The van der Waals surface area contributed by atoms with Crippen molar-refractivity contribution in [2.24, 2.45) is 0 Å². The van der Waals surface area contributed by atoms with E-state index in [1.54, 1.807) is 13.0 Å². The summed E-state index contributed by atoms with van der Waals surface area (Å²) >= 11 is 0. The summed E-state index contributed by atoms with van der Waals surface area (Å²) in [5.41, 5.74) is 3.66. The molecule has 0 radical (unpaired) electrons. The minimum Gasteiger partial charge on any atom is -0.377 e. The van der Waals surface area contributed by atoms with Gasteiger partial charge in [0.1, 0.15) is 5.76 Å². The first kappa shape index (κ1) is 14.1. The first-order valence-corrected chi connectivity index (χ1v) is 6.45. The molecular formula is C15H19N3O2. The van der Waals surface area contributed by atoms with Crippen molar-refractivity contribution < 1.29 is 9.32 Å². The van der Waals surface area contributed by atoms with Gasteiger partial charge in [-0.25, -0.2) is 0 Å². The summed E-state index contributed by atoms with van der Waals surface area (Å²) in [4.78, 5) is 14.0. The summed E-state index contributed by atoms with van der Waals surface area (Å²) < 4.78 is 4.90. The number of rotatable bonds is 4. The third-order valence-corrected chi connectivity index (χ3v) is 3.02. The highest BCUT2D eigenvalue weighted by atomic mass is 16.5. The number of nitrogens with zero attached hydrogens (tertiary/aromatic N) is 2. The van der Waals surface area contributed by atoms with Crippen molar-refractivity contribution in [2.75, 3.05) is 19.0 Å². The Morgan fingerprint density at radius 3 is 2.65 bits per heavy atom. The van der Waals surface area contributed by atoms with E-state index in [9.17, 15) is 4.79 Å². The van der Waals surface area contributed by atoms with Crippen LogP contribution < -0.4 is 10.2 Å². The van der Waals surface area contributed by atoms with Crippen LogP contribution in [0.15, 0.2) is 28.8 Å². The minimum absolute atomic E-state index is 0.230. The quantitative estimate of drug-likeness (QED) is 0.928. The summed E-state index contributed by atoms with van der Waals surface area (Å²) in [6.45, 7) is 4.26. The summed E-state index contributed by atoms with van der Waals surface area (Å²) in [6.07, 6.45) is 0. The van der Waals surface area contributed by atoms with Gasteiger partial charge in [-0.15, -0.1) is 0 Å². The number of carbonyl (C=O) groups excluding carboxylic acids is 1. The fraction of sp³-hybridized carbons (Fsp3) is 0.333. The average molecular weight is 273 g/mol. The van der Waals surface area contributed by atoms with Gasteiger partial charge in [0.05, 0.1) is 0 Å². The van der Waals surface area contributed by atoms with Crippen LogP contribution in [0.3, 0.4) is 0 Å². The molecule has 0 saturated heterocycles. The van der Waals surface area contributed by atoms with Gasteiger partial charge in [-0.1, -0.05) is 17.3 Å². The van der Waals surface area contributed by atoms with E-state index in [4.69, 9.17) is 4.52 Å². The molecule has 0 aliphatic rings. The van der Waals surface area contributed by atoms with Crippen molar-refractivity contribution in [3.63, 3.8) is 0 Å². The second-order valence-electron chi connectivity index (χ2n) is 5.03. The Balaban J connectivity index is 2.09. The van der Waals surface area contributed by atoms with E-state index in [-0.39, 0.29) is 5.91 Å². The van der Waals surface area contributed by atoms with Gasteiger partial charge < -0.3 is 14.7 Å². The lowest BCUT2D eigenvalue weighted by atomic mass is 10.1. The van der Waals surface area contributed by atoms with Crippen LogP contribution in [0.5, 0.6) is 0 Å². The maximum atomic E-state index is 11.9. The molecule has 0 saturated carbocycles. The first-order chi connectivity index (χ1) is 9.47. The van der Waals surface area contributed by atoms with Crippen LogP contribution in [0.2, 0.25) is 0 Å². The van der Waals surface area contributed by atoms with E-state index in [2.05, 4.69) is 16.5 Å². The first-order valence-electron chi connectivity index (χ1n) is 6.45. The Labute approximate surface area is 118 Å². The van der Waals surface area contributed by atoms with E-state index in [0.717, 1.165) is 11.3 Å². The molecule has 1 aromatic heterocycles. The van der Waals surface area contributed by atoms with Crippen LogP contribution >= 0.6 is 0 Å². The minimum atomic E-state index is -0.230. The zero-order valence-electron chi connectivity index (χ0n) is 12.2. The molecule has 1 heterocycles. The average Bonchev–Trinajstić information content (AvgIpc) is 2.83. The van der Waals surface area contributed by atoms with Gasteiger partial charge in [-0.05, 0) is 31.0 Å². The zero-order chi connectivity index (χ0) is 14.7. The Morgan fingerprint density at radius 2 is 2.05 bits per heavy atom. The number of amides is 1. The highest BCUT2D eigenvalue weighted by Gasteiger charge is 2.12. The molecule has 20 heavy (non-hydrogen) atoms. The molecule has 0 bridgehead atoms. The Kier molecular flexibility index (Phi) is 4.08. The van der Waals surface area contributed by atoms with Crippen LogP contribution in [0.25, 0.3) is 0 Å². The molecule has 0 aliphatic heterocycles. The zero-order valence-corrected chi connectivity index (χ0v) is 12.2. The van der Waals surface area contributed by atoms with Gasteiger partial charge >= 0.3 is 0 Å². The molecule has 0 atom stereocenters. The van der Waals surface area contributed by atoms with Crippen LogP contribution in [-0.4, -0.2) is 25.2 Å². The third kappa shape index (κ3) is 3.17. The number of hydrogen-bond donors (Lipinski definition) is 1. The predicted octanol–water partition coefficient (Wildman–Crippen LogP) is 2.29. The van der Waals surface area contributed by atoms with Crippen molar-refractivity contribution in [1.82, 2.24) is 10.5 Å². The molecule has 5 nitrogen and oxygen atoms in total. The number of carbonyl (C=O) groups is 1. The maximum Gasteiger partial charge on any atom is 0.273 e. The Morgan fingerprint density at radius 1 is 1.30 bits per heavy atom. The SMILES string of the molecule is Cc1ccc(CNC(=O)c2cc(C)on2)c(N(C)C)c1. The molecule has 2 aromatic rings. The molecule has 0 unspecified atom stereocenters. The van der Waals surface area contributed by atoms with Gasteiger partial charge in [-0.3, -0.25) is 4.79 Å². The van der Waals surface area contributed by atoms with Crippen LogP contribution in [0.4, 0.5) is 5.69 Å². The van der Waals surface area contributed by atoms with Crippen molar-refractivity contribution in [3.05, 3.63) is 46.8 Å². The molecule has 5 heteroatoms.